The number of hydrazine groups is 1. The van der Waals surface area contributed by atoms with Gasteiger partial charge in [0.15, 0.2) is 11.5 Å². The van der Waals surface area contributed by atoms with Crippen molar-refractivity contribution < 1.29 is 38.8 Å². The van der Waals surface area contributed by atoms with Crippen LogP contribution in [0, 0.1) is 0 Å². The van der Waals surface area contributed by atoms with Gasteiger partial charge in [-0.15, -0.1) is 0 Å². The average Bonchev–Trinajstić information content (AvgIpc) is 3.43. The van der Waals surface area contributed by atoms with Crippen LogP contribution in [-0.4, -0.2) is 85.1 Å². The molecule has 0 saturated heterocycles. The first-order chi connectivity index (χ1) is 25.1. The number of nitrogens with two attached hydrogens (primary N) is 2. The Bertz CT molecular complexity index is 1860. The molecule has 0 fully saturated rings. The van der Waals surface area contributed by atoms with Crippen LogP contribution in [0.4, 0.5) is 17.1 Å². The molecule has 1 aliphatic heterocycles. The first kappa shape index (κ1) is 38.8. The summed E-state index contributed by atoms with van der Waals surface area (Å²) in [4.78, 5) is 40.9. The number of benzene rings is 3. The molecule has 0 saturated carbocycles. The molecule has 9 N–H and O–H groups in total. The number of aromatic hydroxyl groups is 1. The number of ether oxygens (including phenoxy) is 3. The Morgan fingerprint density at radius 1 is 1.02 bits per heavy atom. The van der Waals surface area contributed by atoms with Gasteiger partial charge in [0.25, 0.3) is 5.91 Å². The van der Waals surface area contributed by atoms with E-state index in [0.717, 1.165) is 11.8 Å². The summed E-state index contributed by atoms with van der Waals surface area (Å²) in [5.74, 6) is 4.76. The van der Waals surface area contributed by atoms with E-state index in [9.17, 15) is 24.6 Å². The summed E-state index contributed by atoms with van der Waals surface area (Å²) in [6.45, 7) is 2.74. The molecule has 0 unspecified atom stereocenters. The fourth-order valence-corrected chi connectivity index (χ4v) is 5.69. The zero-order chi connectivity index (χ0) is 37.5. The van der Waals surface area contributed by atoms with E-state index in [1.807, 2.05) is 18.2 Å². The second-order valence-electron chi connectivity index (χ2n) is 10.9. The molecule has 4 rings (SSSR count). The smallest absolute Gasteiger partial charge is 0.344 e. The van der Waals surface area contributed by atoms with E-state index in [2.05, 4.69) is 20.9 Å². The zero-order valence-corrected chi connectivity index (χ0v) is 29.4. The number of hydrogen-bond acceptors (Lipinski definition) is 14. The molecule has 0 bridgehead atoms. The highest BCUT2D eigenvalue weighted by atomic mass is 32.2. The van der Waals surface area contributed by atoms with E-state index in [1.54, 1.807) is 62.5 Å². The molecule has 1 heterocycles. The number of amides is 2. The van der Waals surface area contributed by atoms with E-state index in [1.165, 1.54) is 17.3 Å². The Kier molecular flexibility index (Phi) is 14.5. The molecule has 3 aromatic carbocycles. The van der Waals surface area contributed by atoms with E-state index >= 15 is 0 Å². The number of thioether (sulfide) groups is 1. The fourth-order valence-electron chi connectivity index (χ4n) is 4.65. The maximum absolute atomic E-state index is 12.7. The monoisotopic (exact) mass is 731 g/mol. The molecule has 0 aliphatic carbocycles. The Hall–Kier alpha value is -5.97. The van der Waals surface area contributed by atoms with Crippen molar-refractivity contribution in [1.82, 2.24) is 10.3 Å². The number of nitrogens with one attached hydrogen (secondary N) is 3. The lowest BCUT2D eigenvalue weighted by atomic mass is 10.1. The van der Waals surface area contributed by atoms with Crippen molar-refractivity contribution in [3.63, 3.8) is 0 Å². The number of anilines is 2. The number of aliphatic hydroxyl groups excluding tert-OH is 1. The fraction of sp³-hybridized carbons (Fsp3) is 0.222. The van der Waals surface area contributed by atoms with E-state index in [0.29, 0.717) is 56.8 Å². The third-order valence-electron chi connectivity index (χ3n) is 7.11. The Morgan fingerprint density at radius 3 is 2.50 bits per heavy atom. The number of para-hydroxylation sites is 1. The molecule has 1 aliphatic rings. The molecule has 0 aromatic heterocycles. The van der Waals surface area contributed by atoms with E-state index in [-0.39, 0.29) is 61.7 Å². The number of phenols is 1. The lowest BCUT2D eigenvalue weighted by Crippen LogP contribution is -2.33. The van der Waals surface area contributed by atoms with Gasteiger partial charge in [-0.25, -0.2) is 15.6 Å². The first-order valence-electron chi connectivity index (χ1n) is 16.1. The highest BCUT2D eigenvalue weighted by Gasteiger charge is 2.33. The van der Waals surface area contributed by atoms with Gasteiger partial charge in [-0.2, -0.15) is 0 Å². The molecule has 3 aromatic rings. The van der Waals surface area contributed by atoms with Gasteiger partial charge in [0.05, 0.1) is 43.5 Å². The van der Waals surface area contributed by atoms with Crippen molar-refractivity contribution in [3.05, 3.63) is 106 Å². The second-order valence-corrected chi connectivity index (χ2v) is 12.0. The van der Waals surface area contributed by atoms with Gasteiger partial charge in [0.2, 0.25) is 6.41 Å². The SMILES string of the molecule is CCOC(=O)C1=C(O)/C(=C/c2ccc(OCCOCCN(N)/C=C(\N)CNC(=O)c3cc(NC)cc(NC=O)c3)c(O)c2)SC1=Nc1ccccc1. The van der Waals surface area contributed by atoms with Crippen LogP contribution >= 0.6 is 11.8 Å². The van der Waals surface area contributed by atoms with Crippen LogP contribution in [0.2, 0.25) is 0 Å². The maximum atomic E-state index is 12.7. The number of carbonyl (C=O) groups is 3. The van der Waals surface area contributed by atoms with Crippen LogP contribution in [0.25, 0.3) is 6.08 Å². The van der Waals surface area contributed by atoms with Crippen molar-refractivity contribution in [3.8, 4) is 11.5 Å². The van der Waals surface area contributed by atoms with Crippen molar-refractivity contribution in [2.24, 2.45) is 16.6 Å². The molecule has 2 amide bonds. The van der Waals surface area contributed by atoms with Crippen LogP contribution in [0.15, 0.2) is 99.9 Å². The number of aliphatic hydroxyl groups is 1. The van der Waals surface area contributed by atoms with E-state index < -0.39 is 5.97 Å². The standard InChI is InChI=1S/C36H41N7O8S/c1-3-50-36(48)32-33(46)31(52-35(32)42-26-7-5-4-6-8-26)16-23-9-10-30(29(45)15-23)51-14-13-49-12-11-43(38)21-25(37)20-40-34(47)24-17-27(39-2)19-28(18-24)41-22-44/h4-10,15-19,21-22,39,45-46H,3,11-14,20,37-38H2,1-2H3,(H,40,47)(H,41,44)/b25-21-,31-16-,42-35?. The summed E-state index contributed by atoms with van der Waals surface area (Å²) >= 11 is 1.12. The second kappa shape index (κ2) is 19.4. The molecular formula is C36H41N7O8S. The van der Waals surface area contributed by atoms with Crippen LogP contribution in [0.3, 0.4) is 0 Å². The van der Waals surface area contributed by atoms with Crippen LogP contribution in [0.1, 0.15) is 22.8 Å². The molecule has 0 spiro atoms. The summed E-state index contributed by atoms with van der Waals surface area (Å²) in [7, 11) is 1.70. The number of aliphatic imine (C=N–C) groups is 1. The van der Waals surface area contributed by atoms with Crippen LogP contribution in [0.5, 0.6) is 11.5 Å². The highest BCUT2D eigenvalue weighted by molar-refractivity contribution is 8.18. The van der Waals surface area contributed by atoms with Crippen molar-refractivity contribution >= 4 is 58.2 Å². The minimum Gasteiger partial charge on any atom is -0.506 e. The summed E-state index contributed by atoms with van der Waals surface area (Å²) in [6.07, 6.45) is 3.63. The third kappa shape index (κ3) is 11.3. The molecule has 16 heteroatoms. The van der Waals surface area contributed by atoms with Crippen LogP contribution < -0.4 is 32.3 Å². The molecular weight excluding hydrogens is 691 g/mol. The van der Waals surface area contributed by atoms with Crippen molar-refractivity contribution in [1.29, 1.82) is 0 Å². The molecule has 0 atom stereocenters. The van der Waals surface area contributed by atoms with Gasteiger partial charge < -0.3 is 51.1 Å². The topological polar surface area (TPSA) is 223 Å². The normalized spacial score (nSPS) is 14.3. The predicted octanol–water partition coefficient (Wildman–Crippen LogP) is 4.00. The summed E-state index contributed by atoms with van der Waals surface area (Å²) in [5, 5.41) is 31.3. The number of phenolic OH excluding ortho intramolecular Hbond substituents is 1. The number of hydrogen-bond donors (Lipinski definition) is 7. The lowest BCUT2D eigenvalue weighted by Gasteiger charge is -2.16. The highest BCUT2D eigenvalue weighted by Crippen LogP contribution is 2.41. The minimum atomic E-state index is -0.682. The largest absolute Gasteiger partial charge is 0.506 e. The van der Waals surface area contributed by atoms with Crippen molar-refractivity contribution in [2.45, 2.75) is 6.92 Å². The zero-order valence-electron chi connectivity index (χ0n) is 28.6. The van der Waals surface area contributed by atoms with Gasteiger partial charge >= 0.3 is 5.97 Å². The summed E-state index contributed by atoms with van der Waals surface area (Å²) < 4.78 is 16.4. The van der Waals surface area contributed by atoms with Crippen molar-refractivity contribution in [2.75, 3.05) is 57.2 Å². The molecule has 274 valence electrons. The van der Waals surface area contributed by atoms with Gasteiger partial charge in [-0.3, -0.25) is 9.59 Å². The molecule has 52 heavy (non-hydrogen) atoms. The average molecular weight is 732 g/mol. The van der Waals surface area contributed by atoms with Gasteiger partial charge in [0, 0.05) is 35.9 Å². The lowest BCUT2D eigenvalue weighted by molar-refractivity contribution is -0.138. The molecule has 15 nitrogen and oxygen atoms in total. The predicted molar refractivity (Wildman–Crippen MR) is 201 cm³/mol. The number of nitrogens with zero attached hydrogens (tertiary/aromatic N) is 2. The summed E-state index contributed by atoms with van der Waals surface area (Å²) in [5.41, 5.74) is 8.92. The number of esters is 1. The minimum absolute atomic E-state index is 0.0238. The van der Waals surface area contributed by atoms with Gasteiger partial charge in [-0.1, -0.05) is 36.0 Å². The van der Waals surface area contributed by atoms with Crippen LogP contribution in [-0.2, 0) is 19.1 Å². The molecule has 0 radical (unpaired) electrons. The van der Waals surface area contributed by atoms with E-state index in [4.69, 9.17) is 25.8 Å². The Balaban J connectivity index is 1.23. The van der Waals surface area contributed by atoms with Gasteiger partial charge in [0.1, 0.15) is 23.0 Å². The number of carbonyl (C=O) groups excluding carboxylic acids is 3. The van der Waals surface area contributed by atoms with Gasteiger partial charge in [-0.05, 0) is 61.0 Å². The first-order valence-corrected chi connectivity index (χ1v) is 16.9. The maximum Gasteiger partial charge on any atom is 0.344 e. The Morgan fingerprint density at radius 2 is 1.79 bits per heavy atom. The third-order valence-corrected chi connectivity index (χ3v) is 8.13. The summed E-state index contributed by atoms with van der Waals surface area (Å²) in [6, 6.07) is 18.7. The quantitative estimate of drug-likeness (QED) is 0.0324. The number of rotatable bonds is 18. The Labute approximate surface area is 305 Å².